The number of carbonyl (C=O) groups is 1. The van der Waals surface area contributed by atoms with Crippen LogP contribution in [-0.4, -0.2) is 37.6 Å². The summed E-state index contributed by atoms with van der Waals surface area (Å²) in [5.74, 6) is -0.190. The Morgan fingerprint density at radius 2 is 1.94 bits per heavy atom. The largest absolute Gasteiger partial charge is 0.355 e. The van der Waals surface area contributed by atoms with Crippen molar-refractivity contribution in [1.29, 1.82) is 5.26 Å². The van der Waals surface area contributed by atoms with E-state index < -0.39 is 10.0 Å². The molecule has 33 heavy (non-hydrogen) atoms. The van der Waals surface area contributed by atoms with Crippen LogP contribution in [0, 0.1) is 11.3 Å². The summed E-state index contributed by atoms with van der Waals surface area (Å²) in [5.41, 5.74) is 4.29. The fraction of sp³-hybridized carbons (Fsp3) is 0.0870. The third-order valence-corrected chi connectivity index (χ3v) is 6.01. The van der Waals surface area contributed by atoms with E-state index in [2.05, 4.69) is 20.0 Å². The molecule has 2 aromatic carbocycles. The second kappa shape index (κ2) is 8.58. The van der Waals surface area contributed by atoms with Crippen LogP contribution in [0.4, 0.5) is 5.69 Å². The fourth-order valence-electron chi connectivity index (χ4n) is 3.52. The summed E-state index contributed by atoms with van der Waals surface area (Å²) in [5, 5.41) is 12.9. The fourth-order valence-corrected chi connectivity index (χ4v) is 4.33. The van der Waals surface area contributed by atoms with Crippen LogP contribution in [0.3, 0.4) is 0 Å². The van der Waals surface area contributed by atoms with E-state index in [-0.39, 0.29) is 22.2 Å². The second-order valence-electron chi connectivity index (χ2n) is 7.35. The van der Waals surface area contributed by atoms with Crippen molar-refractivity contribution in [3.63, 3.8) is 0 Å². The first-order chi connectivity index (χ1) is 15.7. The number of rotatable bonds is 5. The van der Waals surface area contributed by atoms with Gasteiger partial charge >= 0.3 is 0 Å². The van der Waals surface area contributed by atoms with Gasteiger partial charge < -0.3 is 10.3 Å². The van der Waals surface area contributed by atoms with Gasteiger partial charge in [-0.1, -0.05) is 23.7 Å². The number of anilines is 1. The molecule has 0 atom stereocenters. The molecule has 0 saturated carbocycles. The van der Waals surface area contributed by atoms with Crippen molar-refractivity contribution in [1.82, 2.24) is 15.3 Å². The summed E-state index contributed by atoms with van der Waals surface area (Å²) in [6.07, 6.45) is 4.44. The van der Waals surface area contributed by atoms with E-state index in [1.165, 1.54) is 0 Å². The van der Waals surface area contributed by atoms with E-state index in [0.717, 1.165) is 22.8 Å². The Labute approximate surface area is 195 Å². The summed E-state index contributed by atoms with van der Waals surface area (Å²) >= 11 is 6.22. The van der Waals surface area contributed by atoms with Crippen molar-refractivity contribution in [2.75, 3.05) is 18.0 Å². The highest BCUT2D eigenvalue weighted by Crippen LogP contribution is 2.36. The second-order valence-corrected chi connectivity index (χ2v) is 9.48. The summed E-state index contributed by atoms with van der Waals surface area (Å²) in [7, 11) is -2.03. The molecule has 0 fully saturated rings. The van der Waals surface area contributed by atoms with Gasteiger partial charge in [-0.3, -0.25) is 9.52 Å². The quantitative estimate of drug-likeness (QED) is 0.396. The molecule has 4 aromatic rings. The molecule has 0 bridgehead atoms. The maximum absolute atomic E-state index is 12.0. The normalized spacial score (nSPS) is 11.2. The molecule has 0 spiro atoms. The van der Waals surface area contributed by atoms with Crippen molar-refractivity contribution >= 4 is 44.3 Å². The van der Waals surface area contributed by atoms with Crippen molar-refractivity contribution < 1.29 is 13.2 Å². The van der Waals surface area contributed by atoms with Crippen molar-refractivity contribution in [2.45, 2.75) is 0 Å². The Morgan fingerprint density at radius 3 is 2.64 bits per heavy atom. The first kappa shape index (κ1) is 22.3. The smallest absolute Gasteiger partial charge is 0.251 e. The zero-order valence-electron chi connectivity index (χ0n) is 17.6. The molecular formula is C23H18ClN5O3S. The molecule has 8 nitrogen and oxygen atoms in total. The van der Waals surface area contributed by atoms with Crippen molar-refractivity contribution in [2.24, 2.45) is 0 Å². The number of amides is 1. The summed E-state index contributed by atoms with van der Waals surface area (Å²) in [6, 6.07) is 14.3. The molecular weight excluding hydrogens is 462 g/mol. The van der Waals surface area contributed by atoms with Crippen LogP contribution >= 0.6 is 11.6 Å². The number of benzene rings is 2. The van der Waals surface area contributed by atoms with Gasteiger partial charge in [-0.05, 0) is 41.5 Å². The highest BCUT2D eigenvalue weighted by molar-refractivity contribution is 7.92. The van der Waals surface area contributed by atoms with E-state index in [4.69, 9.17) is 11.6 Å². The molecule has 0 saturated heterocycles. The molecule has 1 amide bonds. The van der Waals surface area contributed by atoms with E-state index in [9.17, 15) is 18.5 Å². The van der Waals surface area contributed by atoms with Crippen LogP contribution < -0.4 is 10.0 Å². The number of nitrogens with zero attached hydrogens (tertiary/aromatic N) is 2. The lowest BCUT2D eigenvalue weighted by atomic mass is 9.99. The predicted octanol–water partition coefficient (Wildman–Crippen LogP) is 4.15. The number of sulfonamides is 1. The van der Waals surface area contributed by atoms with Crippen LogP contribution in [0.15, 0.2) is 54.9 Å². The first-order valence-corrected chi connectivity index (χ1v) is 12.0. The van der Waals surface area contributed by atoms with Crippen LogP contribution in [0.5, 0.6) is 0 Å². The van der Waals surface area contributed by atoms with Gasteiger partial charge in [0.25, 0.3) is 5.91 Å². The summed E-state index contributed by atoms with van der Waals surface area (Å²) < 4.78 is 25.9. The topological polar surface area (TPSA) is 128 Å². The van der Waals surface area contributed by atoms with Crippen LogP contribution in [-0.2, 0) is 10.0 Å². The molecule has 0 unspecified atom stereocenters. The standard InChI is InChI=1S/C23H18ClN5O3S/c1-26-23(30)14-5-3-4-13(6-14)17-8-18-19(12-28-22(18)27-11-17)15-7-16(10-25)21(24)20(9-15)29-33(2,31)32/h3-9,11-12,29H,1-2H3,(H,26,30)(H,27,28). The number of H-pyrrole nitrogens is 1. The average Bonchev–Trinajstić information content (AvgIpc) is 3.22. The Morgan fingerprint density at radius 1 is 1.15 bits per heavy atom. The zero-order chi connectivity index (χ0) is 23.8. The number of nitriles is 1. The van der Waals surface area contributed by atoms with Crippen molar-refractivity contribution in [3.8, 4) is 28.3 Å². The van der Waals surface area contributed by atoms with Gasteiger partial charge in [-0.2, -0.15) is 5.26 Å². The SMILES string of the molecule is CNC(=O)c1cccc(-c2cnc3[nH]cc(-c4cc(C#N)c(Cl)c(NS(C)(=O)=O)c4)c3c2)c1. The lowest BCUT2D eigenvalue weighted by Crippen LogP contribution is -2.17. The highest BCUT2D eigenvalue weighted by Gasteiger charge is 2.16. The summed E-state index contributed by atoms with van der Waals surface area (Å²) in [6.45, 7) is 0. The number of pyridine rings is 1. The molecule has 2 heterocycles. The minimum atomic E-state index is -3.61. The maximum Gasteiger partial charge on any atom is 0.251 e. The Bertz CT molecular complexity index is 1550. The van der Waals surface area contributed by atoms with Gasteiger partial charge in [-0.25, -0.2) is 13.4 Å². The number of aromatic amines is 1. The summed E-state index contributed by atoms with van der Waals surface area (Å²) in [4.78, 5) is 19.6. The maximum atomic E-state index is 12.0. The third-order valence-electron chi connectivity index (χ3n) is 5.02. The molecule has 10 heteroatoms. The number of carbonyl (C=O) groups excluding carboxylic acids is 1. The molecule has 0 radical (unpaired) electrons. The molecule has 0 aliphatic carbocycles. The number of hydrogen-bond acceptors (Lipinski definition) is 5. The monoisotopic (exact) mass is 479 g/mol. The van der Waals surface area contributed by atoms with E-state index in [1.807, 2.05) is 18.2 Å². The Balaban J connectivity index is 1.86. The van der Waals surface area contributed by atoms with Gasteiger partial charge in [0.15, 0.2) is 0 Å². The predicted molar refractivity (Wildman–Crippen MR) is 129 cm³/mol. The van der Waals surface area contributed by atoms with Gasteiger partial charge in [0.05, 0.1) is 22.5 Å². The van der Waals surface area contributed by atoms with E-state index >= 15 is 0 Å². The third kappa shape index (κ3) is 4.53. The zero-order valence-corrected chi connectivity index (χ0v) is 19.2. The Kier molecular flexibility index (Phi) is 5.80. The van der Waals surface area contributed by atoms with E-state index in [0.29, 0.717) is 22.3 Å². The van der Waals surface area contributed by atoms with Crippen molar-refractivity contribution in [3.05, 3.63) is 71.0 Å². The number of fused-ring (bicyclic) bond motifs is 1. The number of hydrogen-bond donors (Lipinski definition) is 3. The Hall–Kier alpha value is -3.87. The number of nitrogens with one attached hydrogen (secondary N) is 3. The molecule has 4 rings (SSSR count). The lowest BCUT2D eigenvalue weighted by molar-refractivity contribution is 0.0963. The molecule has 3 N–H and O–H groups in total. The van der Waals surface area contributed by atoms with Gasteiger partial charge in [0, 0.05) is 41.5 Å². The number of halogens is 1. The molecule has 0 aliphatic rings. The highest BCUT2D eigenvalue weighted by atomic mass is 35.5. The van der Waals surface area contributed by atoms with Gasteiger partial charge in [-0.15, -0.1) is 0 Å². The van der Waals surface area contributed by atoms with Crippen LogP contribution in [0.1, 0.15) is 15.9 Å². The molecule has 2 aromatic heterocycles. The van der Waals surface area contributed by atoms with Crippen LogP contribution in [0.25, 0.3) is 33.3 Å². The van der Waals surface area contributed by atoms with Gasteiger partial charge in [0.2, 0.25) is 10.0 Å². The first-order valence-electron chi connectivity index (χ1n) is 9.71. The van der Waals surface area contributed by atoms with Gasteiger partial charge in [0.1, 0.15) is 11.7 Å². The number of aromatic nitrogens is 2. The average molecular weight is 480 g/mol. The van der Waals surface area contributed by atoms with Crippen LogP contribution in [0.2, 0.25) is 5.02 Å². The minimum absolute atomic E-state index is 0.0244. The molecule has 0 aliphatic heterocycles. The minimum Gasteiger partial charge on any atom is -0.355 e. The lowest BCUT2D eigenvalue weighted by Gasteiger charge is -2.11. The van der Waals surface area contributed by atoms with E-state index in [1.54, 1.807) is 49.8 Å². The molecule has 166 valence electrons.